The molecule has 112 heavy (non-hydrogen) atoms. The average molecular weight is 1640 g/mol. The molecular weight excluding hydrogens is 1560 g/mol. The minimum atomic E-state index is -6.05. The van der Waals surface area contributed by atoms with Crippen molar-refractivity contribution in [2.24, 2.45) is 5.73 Å². The first kappa shape index (κ1) is 95.7. The Hall–Kier alpha value is -10.5. The third-order valence-corrected chi connectivity index (χ3v) is 16.5. The molecule has 3 aliphatic rings. The maximum Gasteiger partial charge on any atom is 0.534 e. The van der Waals surface area contributed by atoms with Gasteiger partial charge in [0.15, 0.2) is 129 Å². The Bertz CT molecular complexity index is 4540. The number of hydrogen-bond acceptors (Lipinski definition) is 27. The molecule has 2 atom stereocenters. The number of aldehydes is 5. The minimum absolute atomic E-state index is 0. The second kappa shape index (κ2) is 42.8. The van der Waals surface area contributed by atoms with Gasteiger partial charge in [-0.2, -0.15) is 21.6 Å². The quantitative estimate of drug-likeness (QED) is 0.00485. The largest absolute Gasteiger partial charge is 0.534 e. The van der Waals surface area contributed by atoms with Crippen LogP contribution in [0.25, 0.3) is 0 Å². The topological polar surface area (TPSA) is 412 Å². The van der Waals surface area contributed by atoms with E-state index in [4.69, 9.17) is 53.5 Å². The van der Waals surface area contributed by atoms with Crippen LogP contribution in [0.4, 0.5) is 43.9 Å². The molecule has 0 aromatic heterocycles. The fourth-order valence-corrected chi connectivity index (χ4v) is 10.2. The van der Waals surface area contributed by atoms with Gasteiger partial charge in [-0.1, -0.05) is 12.1 Å². The Morgan fingerprint density at radius 1 is 0.482 bits per heavy atom. The SMILES string of the molecule is CCOc1c(F)ccc(C=O)c1B1OC(C)(C)C(C)(C)O1.CCOc1c(F)ccc(C=O)c1O.CCOc1c(F)ccc(C=O)c1OS(=O)(=O)C(F)(F)F.CCOc1c(F)ccc2c1B(O)OC2CN.CCOc1c(F)ccc2c1B(O)OC2C[N+](=O)[O-].COc1c(F)ccc(C=O)c1O.Cl.O=Cc1ccc(F)c(O)c1O. The summed E-state index contributed by atoms with van der Waals surface area (Å²) in [5, 5.41) is 66.0. The monoisotopic (exact) mass is 1640 g/mol. The summed E-state index contributed by atoms with van der Waals surface area (Å²) in [6.45, 7) is 16.4. The van der Waals surface area contributed by atoms with Crippen molar-refractivity contribution in [3.8, 4) is 63.2 Å². The number of fused-ring (bicyclic) bond motifs is 2. The number of carbonyl (C=O) groups is 5. The first-order valence-electron chi connectivity index (χ1n) is 32.5. The molecule has 8 N–H and O–H groups in total. The number of phenolic OH excluding ortho intramolecular Hbond substituents is 4. The predicted molar refractivity (Wildman–Crippen MR) is 383 cm³/mol. The van der Waals surface area contributed by atoms with Crippen molar-refractivity contribution >= 4 is 91.7 Å². The third-order valence-electron chi connectivity index (χ3n) is 15.6. The molecule has 0 aliphatic carbocycles. The van der Waals surface area contributed by atoms with Gasteiger partial charge in [-0.25, -0.2) is 30.7 Å². The van der Waals surface area contributed by atoms with Crippen molar-refractivity contribution in [3.05, 3.63) is 175 Å². The predicted octanol–water partition coefficient (Wildman–Crippen LogP) is 9.37. The summed E-state index contributed by atoms with van der Waals surface area (Å²) in [7, 11) is -8.24. The lowest BCUT2D eigenvalue weighted by molar-refractivity contribution is -0.490. The molecule has 0 spiro atoms. The molecule has 0 saturated carbocycles. The Morgan fingerprint density at radius 2 is 0.804 bits per heavy atom. The molecule has 7 aromatic carbocycles. The highest BCUT2D eigenvalue weighted by molar-refractivity contribution is 7.88. The smallest absolute Gasteiger partial charge is 0.504 e. The lowest BCUT2D eigenvalue weighted by atomic mass is 9.75. The van der Waals surface area contributed by atoms with E-state index in [-0.39, 0.29) is 103 Å². The van der Waals surface area contributed by atoms with E-state index in [0.29, 0.717) is 59.4 Å². The molecule has 1 saturated heterocycles. The van der Waals surface area contributed by atoms with E-state index < -0.39 is 153 Å². The van der Waals surface area contributed by atoms with Crippen molar-refractivity contribution < 1.29 is 163 Å². The van der Waals surface area contributed by atoms with Gasteiger partial charge in [0.25, 0.3) is 0 Å². The van der Waals surface area contributed by atoms with Crippen molar-refractivity contribution in [3.63, 3.8) is 0 Å². The van der Waals surface area contributed by atoms with Crippen LogP contribution < -0.4 is 54.7 Å². The zero-order valence-electron chi connectivity index (χ0n) is 60.8. The van der Waals surface area contributed by atoms with Gasteiger partial charge >= 0.3 is 37.0 Å². The van der Waals surface area contributed by atoms with Crippen molar-refractivity contribution in [2.45, 2.75) is 91.2 Å². The van der Waals surface area contributed by atoms with Crippen LogP contribution in [0, 0.1) is 50.8 Å². The van der Waals surface area contributed by atoms with Crippen molar-refractivity contribution in [2.75, 3.05) is 53.2 Å². The molecular formula is C69H74B3ClF10N2O26S. The summed E-state index contributed by atoms with van der Waals surface area (Å²) in [4.78, 5) is 62.6. The van der Waals surface area contributed by atoms with E-state index >= 15 is 0 Å². The molecule has 10 rings (SSSR count). The number of alkyl halides is 3. The van der Waals surface area contributed by atoms with Crippen LogP contribution in [-0.2, 0) is 28.7 Å². The molecule has 0 amide bonds. The number of benzene rings is 7. The molecule has 3 aliphatic heterocycles. The van der Waals surface area contributed by atoms with Gasteiger partial charge in [0.05, 0.1) is 79.7 Å². The molecule has 7 aromatic rings. The summed E-state index contributed by atoms with van der Waals surface area (Å²) in [5.74, 6) is -10.3. The maximum atomic E-state index is 14.0. The molecule has 28 nitrogen and oxygen atoms in total. The van der Waals surface area contributed by atoms with E-state index in [1.54, 1.807) is 33.8 Å². The number of methoxy groups -OCH3 is 1. The minimum Gasteiger partial charge on any atom is -0.504 e. The standard InChI is InChI=1S/C15H20BFO4.C10H11BFNO5.C10H13BFNO3.C10H8F4O5S.C9H9FO3.C8H7FO3.C7H5FO3.ClH/c1-6-19-13-11(17)8-7-10(9-18)12(13)16-20-14(2,3)15(4,5)21-16;1-2-17-10-7(12)4-3-6-8(5-13(15)16)18-11(14)9(6)10;1-2-15-10-7(12)4-3-6-8(5-13)16-11(14)9(6)10;1-2-18-9-7(11)4-3-6(5-15)8(9)19-20(16,17)10(12,13)14;1-2-13-9-7(10)4-3-6(5-11)8(9)12;1-12-8-6(9)3-2-5(4-10)7(8)11;8-5-2-1-4(3-9)6(10)7(5)11;/h7-9H,6H2,1-5H3;3-4,8,14H,2,5H2,1H3;3-4,8,14H,2,5,13H2,1H3;3-5H,2H2,1H3;3-5,12H,2H2,1H3;2-4,11H,1H3;1-3,10-11H;1H. The van der Waals surface area contributed by atoms with Crippen LogP contribution in [0.2, 0.25) is 0 Å². The normalized spacial score (nSPS) is 14.4. The molecule has 1 fully saturated rings. The van der Waals surface area contributed by atoms with E-state index in [0.717, 1.165) is 42.5 Å². The molecule has 0 radical (unpaired) electrons. The number of phenols is 4. The van der Waals surface area contributed by atoms with Gasteiger partial charge in [0.2, 0.25) is 6.54 Å². The number of rotatable bonds is 22. The number of nitrogens with zero attached hydrogens (tertiary/aromatic N) is 1. The first-order chi connectivity index (χ1) is 52.2. The molecule has 608 valence electrons. The van der Waals surface area contributed by atoms with Crippen LogP contribution in [0.1, 0.15) is 137 Å². The Morgan fingerprint density at radius 3 is 1.20 bits per heavy atom. The molecule has 43 heteroatoms. The van der Waals surface area contributed by atoms with E-state index in [2.05, 4.69) is 13.7 Å². The highest BCUT2D eigenvalue weighted by Crippen LogP contribution is 2.41. The number of ether oxygens (including phenoxy) is 6. The molecule has 0 bridgehead atoms. The average Bonchev–Trinajstić information content (AvgIpc) is 1.62. The summed E-state index contributed by atoms with van der Waals surface area (Å²) >= 11 is 0. The number of halogens is 11. The lowest BCUT2D eigenvalue weighted by Crippen LogP contribution is -2.41. The van der Waals surface area contributed by atoms with E-state index in [9.17, 15) is 107 Å². The highest BCUT2D eigenvalue weighted by Gasteiger charge is 2.54. The number of aromatic hydroxyl groups is 4. The Kier molecular flexibility index (Phi) is 36.6. The zero-order valence-corrected chi connectivity index (χ0v) is 62.4. The number of nitrogens with two attached hydrogens (primary N) is 1. The van der Waals surface area contributed by atoms with Crippen LogP contribution in [0.5, 0.6) is 63.2 Å². The fourth-order valence-electron chi connectivity index (χ4n) is 9.69. The van der Waals surface area contributed by atoms with Gasteiger partial charge < -0.3 is 87.4 Å². The van der Waals surface area contributed by atoms with Crippen LogP contribution in [0.3, 0.4) is 0 Å². The lowest BCUT2D eigenvalue weighted by Gasteiger charge is -2.32. The maximum absolute atomic E-state index is 14.0. The second-order valence-corrected chi connectivity index (χ2v) is 24.7. The third kappa shape index (κ3) is 23.6. The van der Waals surface area contributed by atoms with Gasteiger partial charge in [0, 0.05) is 33.4 Å². The van der Waals surface area contributed by atoms with E-state index in [1.807, 2.05) is 27.7 Å². The Labute approximate surface area is 640 Å². The van der Waals surface area contributed by atoms with Crippen LogP contribution >= 0.6 is 12.4 Å². The summed E-state index contributed by atoms with van der Waals surface area (Å²) in [6.07, 6.45) is 0.587. The molecule has 3 heterocycles. The van der Waals surface area contributed by atoms with Crippen molar-refractivity contribution in [1.29, 1.82) is 0 Å². The second-order valence-electron chi connectivity index (χ2n) is 23.1. The summed E-state index contributed by atoms with van der Waals surface area (Å²) < 4.78 is 207. The summed E-state index contributed by atoms with van der Waals surface area (Å²) in [5.41, 5.74) is 0.130. The van der Waals surface area contributed by atoms with Gasteiger partial charge in [-0.05, 0) is 146 Å². The van der Waals surface area contributed by atoms with Gasteiger partial charge in [-0.15, -0.1) is 12.4 Å². The van der Waals surface area contributed by atoms with Gasteiger partial charge in [0.1, 0.15) is 12.4 Å². The highest BCUT2D eigenvalue weighted by atomic mass is 35.5. The van der Waals surface area contributed by atoms with Gasteiger partial charge in [-0.3, -0.25) is 34.1 Å². The first-order valence-corrected chi connectivity index (χ1v) is 33.9. The van der Waals surface area contributed by atoms with E-state index in [1.165, 1.54) is 50.4 Å². The summed E-state index contributed by atoms with van der Waals surface area (Å²) in [6, 6.07) is 16.0. The zero-order chi connectivity index (χ0) is 83.8. The number of carbonyl (C=O) groups excluding carboxylic acids is 5. The van der Waals surface area contributed by atoms with Crippen LogP contribution in [0.15, 0.2) is 84.9 Å². The van der Waals surface area contributed by atoms with Crippen molar-refractivity contribution in [1.82, 2.24) is 0 Å². The molecule has 2 unspecified atom stereocenters. The number of nitro groups is 1. The fraction of sp³-hybridized carbons (Fsp3) is 0.319. The number of hydrogen-bond donors (Lipinski definition) is 7. The Balaban J connectivity index is 0.000000342. The van der Waals surface area contributed by atoms with Crippen LogP contribution in [-0.4, -0.2) is 167 Å².